The molecule has 0 fully saturated rings. The monoisotopic (exact) mass is 320 g/mol. The number of esters is 1. The van der Waals surface area contributed by atoms with Crippen molar-refractivity contribution < 1.29 is 9.53 Å². The molecule has 2 aromatic rings. The van der Waals surface area contributed by atoms with Crippen molar-refractivity contribution in [2.75, 3.05) is 12.8 Å². The van der Waals surface area contributed by atoms with Gasteiger partial charge >= 0.3 is 5.97 Å². The van der Waals surface area contributed by atoms with Crippen LogP contribution in [0.1, 0.15) is 16.1 Å². The van der Waals surface area contributed by atoms with Crippen molar-refractivity contribution in [3.05, 3.63) is 40.1 Å². The summed E-state index contributed by atoms with van der Waals surface area (Å²) in [6, 6.07) is 7.28. The highest BCUT2D eigenvalue weighted by Gasteiger charge is 2.17. The van der Waals surface area contributed by atoms with Crippen molar-refractivity contribution in [2.24, 2.45) is 0 Å². The first-order valence-electron chi connectivity index (χ1n) is 5.21. The minimum absolute atomic E-state index is 0.0198. The number of carbonyl (C=O) groups excluding carboxylic acids is 1. The lowest BCUT2D eigenvalue weighted by Gasteiger charge is -2.04. The van der Waals surface area contributed by atoms with Crippen LogP contribution >= 0.6 is 15.9 Å². The van der Waals surface area contributed by atoms with E-state index in [0.29, 0.717) is 15.7 Å². The number of anilines is 1. The lowest BCUT2D eigenvalue weighted by Crippen LogP contribution is -2.06. The third kappa shape index (κ3) is 2.30. The summed E-state index contributed by atoms with van der Waals surface area (Å²) in [5.74, 6) is -0.621. The van der Waals surface area contributed by atoms with Gasteiger partial charge in [0.2, 0.25) is 0 Å². The van der Waals surface area contributed by atoms with Crippen molar-refractivity contribution >= 4 is 27.6 Å². The van der Waals surface area contributed by atoms with Gasteiger partial charge in [-0.3, -0.25) is 0 Å². The maximum Gasteiger partial charge on any atom is 0.360 e. The summed E-state index contributed by atoms with van der Waals surface area (Å²) in [7, 11) is 1.25. The minimum Gasteiger partial charge on any atom is -0.464 e. The van der Waals surface area contributed by atoms with Gasteiger partial charge in [-0.15, -0.1) is 0 Å². The standard InChI is InChI=1S/C12H9BrN4O2/c1-19-12(18)11-9(15)6-17(16-11)10-4-2-3-8(13)7(10)5-14/h2-4,6H,15H2,1H3. The van der Waals surface area contributed by atoms with E-state index in [1.165, 1.54) is 18.0 Å². The summed E-state index contributed by atoms with van der Waals surface area (Å²) in [6.07, 6.45) is 1.47. The maximum atomic E-state index is 11.4. The van der Waals surface area contributed by atoms with E-state index >= 15 is 0 Å². The number of rotatable bonds is 2. The van der Waals surface area contributed by atoms with Crippen molar-refractivity contribution in [2.45, 2.75) is 0 Å². The molecule has 0 spiro atoms. The molecule has 0 atom stereocenters. The Kier molecular flexibility index (Phi) is 3.53. The van der Waals surface area contributed by atoms with Gasteiger partial charge in [-0.05, 0) is 28.1 Å². The molecule has 0 aliphatic carbocycles. The van der Waals surface area contributed by atoms with E-state index in [2.05, 4.69) is 31.8 Å². The smallest absolute Gasteiger partial charge is 0.360 e. The Labute approximate surface area is 117 Å². The number of carbonyl (C=O) groups is 1. The number of benzene rings is 1. The van der Waals surface area contributed by atoms with Gasteiger partial charge in [0, 0.05) is 4.47 Å². The number of nitrogen functional groups attached to an aromatic ring is 1. The van der Waals surface area contributed by atoms with E-state index in [1.54, 1.807) is 18.2 Å². The van der Waals surface area contributed by atoms with Crippen LogP contribution in [0.4, 0.5) is 5.69 Å². The number of nitriles is 1. The molecular weight excluding hydrogens is 312 g/mol. The van der Waals surface area contributed by atoms with E-state index in [0.717, 1.165) is 0 Å². The molecule has 0 radical (unpaired) electrons. The SMILES string of the molecule is COC(=O)c1nn(-c2cccc(Br)c2C#N)cc1N. The van der Waals surface area contributed by atoms with Crippen molar-refractivity contribution in [1.82, 2.24) is 9.78 Å². The maximum absolute atomic E-state index is 11.4. The molecule has 0 aliphatic rings. The molecule has 0 unspecified atom stereocenters. The number of halogens is 1. The van der Waals surface area contributed by atoms with Crippen LogP contribution in [0.2, 0.25) is 0 Å². The van der Waals surface area contributed by atoms with Gasteiger partial charge in [-0.2, -0.15) is 10.4 Å². The topological polar surface area (TPSA) is 93.9 Å². The highest BCUT2D eigenvalue weighted by Crippen LogP contribution is 2.24. The Morgan fingerprint density at radius 1 is 1.58 bits per heavy atom. The molecule has 2 N–H and O–H groups in total. The molecule has 2 rings (SSSR count). The lowest BCUT2D eigenvalue weighted by molar-refractivity contribution is 0.0594. The zero-order chi connectivity index (χ0) is 14.0. The number of aromatic nitrogens is 2. The molecule has 1 aromatic heterocycles. The summed E-state index contributed by atoms with van der Waals surface area (Å²) in [6.45, 7) is 0. The summed E-state index contributed by atoms with van der Waals surface area (Å²) >= 11 is 3.29. The number of ether oxygens (including phenoxy) is 1. The highest BCUT2D eigenvalue weighted by molar-refractivity contribution is 9.10. The molecule has 19 heavy (non-hydrogen) atoms. The first-order chi connectivity index (χ1) is 9.08. The van der Waals surface area contributed by atoms with Crippen LogP contribution < -0.4 is 5.73 Å². The lowest BCUT2D eigenvalue weighted by atomic mass is 10.2. The van der Waals surface area contributed by atoms with Crippen LogP contribution in [0.25, 0.3) is 5.69 Å². The molecular formula is C12H9BrN4O2. The van der Waals surface area contributed by atoms with Gasteiger partial charge in [0.1, 0.15) is 6.07 Å². The Morgan fingerprint density at radius 2 is 2.32 bits per heavy atom. The Morgan fingerprint density at radius 3 is 2.95 bits per heavy atom. The molecule has 0 aliphatic heterocycles. The fourth-order valence-electron chi connectivity index (χ4n) is 1.58. The second-order valence-corrected chi connectivity index (χ2v) is 4.47. The van der Waals surface area contributed by atoms with Gasteiger partial charge in [-0.1, -0.05) is 6.07 Å². The average molecular weight is 321 g/mol. The highest BCUT2D eigenvalue weighted by atomic mass is 79.9. The second-order valence-electron chi connectivity index (χ2n) is 3.61. The quantitative estimate of drug-likeness (QED) is 0.852. The number of nitrogens with two attached hydrogens (primary N) is 1. The van der Waals surface area contributed by atoms with Gasteiger partial charge in [0.15, 0.2) is 5.69 Å². The van der Waals surface area contributed by atoms with Crippen LogP contribution in [-0.4, -0.2) is 22.9 Å². The molecule has 6 nitrogen and oxygen atoms in total. The van der Waals surface area contributed by atoms with E-state index in [-0.39, 0.29) is 11.4 Å². The number of hydrogen-bond donors (Lipinski definition) is 1. The first-order valence-corrected chi connectivity index (χ1v) is 6.00. The molecule has 0 saturated heterocycles. The van der Waals surface area contributed by atoms with Gasteiger partial charge < -0.3 is 10.5 Å². The summed E-state index contributed by atoms with van der Waals surface area (Å²) < 4.78 is 6.60. The summed E-state index contributed by atoms with van der Waals surface area (Å²) in [5, 5.41) is 13.2. The second kappa shape index (κ2) is 5.12. The molecule has 1 heterocycles. The van der Waals surface area contributed by atoms with E-state index in [9.17, 15) is 4.79 Å². The minimum atomic E-state index is -0.621. The molecule has 1 aromatic carbocycles. The van der Waals surface area contributed by atoms with Crippen LogP contribution in [0.3, 0.4) is 0 Å². The van der Waals surface area contributed by atoms with Crippen LogP contribution in [0, 0.1) is 11.3 Å². The van der Waals surface area contributed by atoms with Gasteiger partial charge in [0.05, 0.1) is 30.2 Å². The van der Waals surface area contributed by atoms with E-state index < -0.39 is 5.97 Å². The number of nitrogens with zero attached hydrogens (tertiary/aromatic N) is 3. The summed E-state index contributed by atoms with van der Waals surface area (Å²) in [4.78, 5) is 11.4. The molecule has 0 saturated carbocycles. The Bertz CT molecular complexity index is 688. The van der Waals surface area contributed by atoms with Crippen LogP contribution in [0.15, 0.2) is 28.9 Å². The van der Waals surface area contributed by atoms with Crippen molar-refractivity contribution in [1.29, 1.82) is 5.26 Å². The van der Waals surface area contributed by atoms with Gasteiger partial charge in [0.25, 0.3) is 0 Å². The molecule has 7 heteroatoms. The molecule has 96 valence electrons. The van der Waals surface area contributed by atoms with Gasteiger partial charge in [-0.25, -0.2) is 9.48 Å². The third-order valence-electron chi connectivity index (χ3n) is 2.47. The normalized spacial score (nSPS) is 9.95. The van der Waals surface area contributed by atoms with Crippen molar-refractivity contribution in [3.8, 4) is 11.8 Å². The summed E-state index contributed by atoms with van der Waals surface area (Å²) in [5.41, 5.74) is 6.85. The zero-order valence-corrected chi connectivity index (χ0v) is 11.5. The average Bonchev–Trinajstić information content (AvgIpc) is 2.79. The van der Waals surface area contributed by atoms with E-state index in [1.807, 2.05) is 0 Å². The molecule has 0 amide bonds. The largest absolute Gasteiger partial charge is 0.464 e. The molecule has 0 bridgehead atoms. The zero-order valence-electron chi connectivity index (χ0n) is 9.92. The first kappa shape index (κ1) is 13.1. The predicted molar refractivity (Wildman–Crippen MR) is 71.7 cm³/mol. The van der Waals surface area contributed by atoms with Crippen molar-refractivity contribution in [3.63, 3.8) is 0 Å². The fourth-order valence-corrected chi connectivity index (χ4v) is 2.02. The Balaban J connectivity index is 2.59. The third-order valence-corrected chi connectivity index (χ3v) is 3.13. The fraction of sp³-hybridized carbons (Fsp3) is 0.0833. The number of hydrogen-bond acceptors (Lipinski definition) is 5. The van der Waals surface area contributed by atoms with E-state index in [4.69, 9.17) is 11.0 Å². The van der Waals surface area contributed by atoms with Crippen LogP contribution in [-0.2, 0) is 4.74 Å². The number of methoxy groups -OCH3 is 1. The van der Waals surface area contributed by atoms with Crippen LogP contribution in [0.5, 0.6) is 0 Å². The predicted octanol–water partition coefficient (Wildman–Crippen LogP) is 1.88. The Hall–Kier alpha value is -2.33.